The van der Waals surface area contributed by atoms with Gasteiger partial charge in [-0.3, -0.25) is 9.59 Å². The second-order valence-corrected chi connectivity index (χ2v) is 5.82. The lowest BCUT2D eigenvalue weighted by Crippen LogP contribution is -2.46. The zero-order chi connectivity index (χ0) is 14.4. The average molecular weight is 287 g/mol. The molecule has 0 bridgehead atoms. The first kappa shape index (κ1) is 16.0. The predicted octanol–water partition coefficient (Wildman–Crippen LogP) is 0.882. The molecule has 0 aromatic heterocycles. The van der Waals surface area contributed by atoms with Gasteiger partial charge in [0, 0.05) is 11.3 Å². The van der Waals surface area contributed by atoms with E-state index in [0.717, 1.165) is 0 Å². The summed E-state index contributed by atoms with van der Waals surface area (Å²) in [4.78, 5) is 23.3. The molecule has 0 aromatic carbocycles. The molecule has 3 N–H and O–H groups in total. The van der Waals surface area contributed by atoms with Crippen LogP contribution >= 0.6 is 11.8 Å². The van der Waals surface area contributed by atoms with Crippen LogP contribution in [0.15, 0.2) is 12.2 Å². The van der Waals surface area contributed by atoms with Crippen LogP contribution in [0.1, 0.15) is 19.8 Å². The molecule has 2 unspecified atom stereocenters. The molecule has 6 heteroatoms. The van der Waals surface area contributed by atoms with Gasteiger partial charge in [0.15, 0.2) is 0 Å². The summed E-state index contributed by atoms with van der Waals surface area (Å²) in [7, 11) is 0. The van der Waals surface area contributed by atoms with Crippen molar-refractivity contribution in [1.29, 1.82) is 0 Å². The summed E-state index contributed by atoms with van der Waals surface area (Å²) in [6, 6.07) is -0.187. The number of hydrogen-bond donors (Lipinski definition) is 3. The van der Waals surface area contributed by atoms with Gasteiger partial charge in [-0.1, -0.05) is 12.2 Å². The van der Waals surface area contributed by atoms with E-state index in [2.05, 4.69) is 5.32 Å². The molecule has 0 saturated heterocycles. The minimum absolute atomic E-state index is 0.0183. The Bertz CT molecular complexity index is 355. The molecule has 108 valence electrons. The van der Waals surface area contributed by atoms with E-state index in [1.165, 1.54) is 11.8 Å². The minimum Gasteiger partial charge on any atom is -0.481 e. The summed E-state index contributed by atoms with van der Waals surface area (Å²) in [6.07, 6.45) is 6.39. The van der Waals surface area contributed by atoms with E-state index in [4.69, 9.17) is 5.11 Å². The predicted molar refractivity (Wildman–Crippen MR) is 75.0 cm³/mol. The van der Waals surface area contributed by atoms with Gasteiger partial charge in [-0.15, -0.1) is 0 Å². The maximum absolute atomic E-state index is 12.2. The van der Waals surface area contributed by atoms with Crippen LogP contribution in [0.5, 0.6) is 0 Å². The third-order valence-corrected chi connectivity index (χ3v) is 4.66. The van der Waals surface area contributed by atoms with Crippen LogP contribution in [0.3, 0.4) is 0 Å². The van der Waals surface area contributed by atoms with Crippen molar-refractivity contribution in [2.24, 2.45) is 11.8 Å². The van der Waals surface area contributed by atoms with Crippen LogP contribution in [-0.2, 0) is 9.59 Å². The number of nitrogens with one attached hydrogen (secondary N) is 1. The Labute approximate surface area is 117 Å². The number of hydrogen-bond acceptors (Lipinski definition) is 4. The Kier molecular flexibility index (Phi) is 6.37. The number of carbonyl (C=O) groups excluding carboxylic acids is 1. The largest absolute Gasteiger partial charge is 0.481 e. The monoisotopic (exact) mass is 287 g/mol. The minimum atomic E-state index is -0.930. The summed E-state index contributed by atoms with van der Waals surface area (Å²) in [5, 5.41) is 21.1. The van der Waals surface area contributed by atoms with E-state index in [1.54, 1.807) is 0 Å². The van der Waals surface area contributed by atoms with Crippen molar-refractivity contribution in [3.05, 3.63) is 12.2 Å². The number of aliphatic hydroxyl groups excluding tert-OH is 1. The van der Waals surface area contributed by atoms with Gasteiger partial charge in [0.05, 0.1) is 18.4 Å². The maximum atomic E-state index is 12.2. The van der Waals surface area contributed by atoms with Gasteiger partial charge in [0.1, 0.15) is 0 Å². The van der Waals surface area contributed by atoms with Gasteiger partial charge in [0.25, 0.3) is 0 Å². The lowest BCUT2D eigenvalue weighted by molar-refractivity contribution is -0.147. The molecule has 19 heavy (non-hydrogen) atoms. The van der Waals surface area contributed by atoms with Crippen LogP contribution in [0, 0.1) is 11.8 Å². The number of rotatable bonds is 6. The summed E-state index contributed by atoms with van der Waals surface area (Å²) in [5.41, 5.74) is 0. The van der Waals surface area contributed by atoms with E-state index in [-0.39, 0.29) is 23.8 Å². The van der Waals surface area contributed by atoms with Crippen LogP contribution in [0.25, 0.3) is 0 Å². The zero-order valence-electron chi connectivity index (χ0n) is 11.2. The fourth-order valence-corrected chi connectivity index (χ4v) is 2.86. The Balaban J connectivity index is 2.65. The molecule has 0 heterocycles. The molecule has 4 atom stereocenters. The van der Waals surface area contributed by atoms with Crippen LogP contribution in [-0.4, -0.2) is 46.2 Å². The second-order valence-electron chi connectivity index (χ2n) is 4.75. The van der Waals surface area contributed by atoms with Crippen molar-refractivity contribution in [3.63, 3.8) is 0 Å². The van der Waals surface area contributed by atoms with Crippen molar-refractivity contribution in [2.45, 2.75) is 31.1 Å². The average Bonchev–Trinajstić information content (AvgIpc) is 2.40. The molecular weight excluding hydrogens is 266 g/mol. The lowest BCUT2D eigenvalue weighted by atomic mass is 9.82. The van der Waals surface area contributed by atoms with E-state index in [1.807, 2.05) is 25.3 Å². The van der Waals surface area contributed by atoms with Crippen molar-refractivity contribution >= 4 is 23.6 Å². The molecule has 0 fully saturated rings. The smallest absolute Gasteiger partial charge is 0.307 e. The number of thioether (sulfide) groups is 1. The first-order valence-electron chi connectivity index (χ1n) is 6.33. The number of carbonyl (C=O) groups is 2. The number of carboxylic acids is 1. The van der Waals surface area contributed by atoms with Crippen molar-refractivity contribution in [1.82, 2.24) is 5.32 Å². The van der Waals surface area contributed by atoms with Gasteiger partial charge in [-0.25, -0.2) is 0 Å². The van der Waals surface area contributed by atoms with Crippen LogP contribution < -0.4 is 5.32 Å². The van der Waals surface area contributed by atoms with Crippen LogP contribution in [0.4, 0.5) is 0 Å². The molecule has 1 rings (SSSR count). The Morgan fingerprint density at radius 3 is 2.42 bits per heavy atom. The van der Waals surface area contributed by atoms with Gasteiger partial charge in [-0.05, 0) is 26.0 Å². The molecule has 0 spiro atoms. The molecule has 1 aliphatic rings. The van der Waals surface area contributed by atoms with Gasteiger partial charge in [0.2, 0.25) is 5.91 Å². The Morgan fingerprint density at radius 2 is 1.95 bits per heavy atom. The highest BCUT2D eigenvalue weighted by Gasteiger charge is 2.34. The highest BCUT2D eigenvalue weighted by atomic mass is 32.2. The summed E-state index contributed by atoms with van der Waals surface area (Å²) >= 11 is 1.48. The standard InChI is InChI=1S/C13H21NO4S/c1-8(11(7-15)19-2)14-12(16)9-5-3-4-6-10(9)13(17)18/h3-4,8-11,15H,5-7H2,1-2H3,(H,14,16)(H,17,18)/t8?,9-,10+,11?/m1/s1. The molecule has 1 aliphatic carbocycles. The third kappa shape index (κ3) is 4.24. The highest BCUT2D eigenvalue weighted by Crippen LogP contribution is 2.26. The third-order valence-electron chi connectivity index (χ3n) is 3.50. The van der Waals surface area contributed by atoms with E-state index < -0.39 is 17.8 Å². The van der Waals surface area contributed by atoms with Crippen molar-refractivity contribution < 1.29 is 19.8 Å². The SMILES string of the molecule is CSC(CO)C(C)NC(=O)[C@@H]1CC=CC[C@@H]1C(=O)O. The molecule has 0 radical (unpaired) electrons. The Morgan fingerprint density at radius 1 is 1.37 bits per heavy atom. The normalized spacial score (nSPS) is 25.6. The number of aliphatic hydroxyl groups is 1. The van der Waals surface area contributed by atoms with E-state index in [0.29, 0.717) is 12.8 Å². The molecule has 0 aliphatic heterocycles. The molecule has 5 nitrogen and oxygen atoms in total. The summed E-state index contributed by atoms with van der Waals surface area (Å²) in [6.45, 7) is 1.80. The zero-order valence-corrected chi connectivity index (χ0v) is 12.0. The first-order chi connectivity index (χ1) is 9.01. The molecule has 1 amide bonds. The number of carboxylic acid groups (broad SMARTS) is 1. The number of aliphatic carboxylic acids is 1. The van der Waals surface area contributed by atoms with Crippen molar-refractivity contribution in [3.8, 4) is 0 Å². The Hall–Kier alpha value is -1.01. The van der Waals surface area contributed by atoms with Crippen LogP contribution in [0.2, 0.25) is 0 Å². The first-order valence-corrected chi connectivity index (χ1v) is 7.61. The van der Waals surface area contributed by atoms with Gasteiger partial charge >= 0.3 is 5.97 Å². The summed E-state index contributed by atoms with van der Waals surface area (Å²) in [5.74, 6) is -2.34. The van der Waals surface area contributed by atoms with Gasteiger partial charge in [-0.2, -0.15) is 11.8 Å². The quantitative estimate of drug-likeness (QED) is 0.631. The topological polar surface area (TPSA) is 86.6 Å². The number of amides is 1. The van der Waals surface area contributed by atoms with E-state index in [9.17, 15) is 14.7 Å². The summed E-state index contributed by atoms with van der Waals surface area (Å²) < 4.78 is 0. The fraction of sp³-hybridized carbons (Fsp3) is 0.692. The molecular formula is C13H21NO4S. The second kappa shape index (κ2) is 7.55. The van der Waals surface area contributed by atoms with Crippen molar-refractivity contribution in [2.75, 3.05) is 12.9 Å². The van der Waals surface area contributed by atoms with E-state index >= 15 is 0 Å². The molecule has 0 saturated carbocycles. The molecule has 0 aromatic rings. The number of allylic oxidation sites excluding steroid dienone is 2. The maximum Gasteiger partial charge on any atom is 0.307 e. The fourth-order valence-electron chi connectivity index (χ4n) is 2.24. The highest BCUT2D eigenvalue weighted by molar-refractivity contribution is 7.99. The van der Waals surface area contributed by atoms with Gasteiger partial charge < -0.3 is 15.5 Å². The lowest BCUT2D eigenvalue weighted by Gasteiger charge is -2.28.